The first-order valence-electron chi connectivity index (χ1n) is 5.71. The molecule has 0 aliphatic carbocycles. The Kier molecular flexibility index (Phi) is 5.55. The molecule has 0 aliphatic rings. The second kappa shape index (κ2) is 6.70. The highest BCUT2D eigenvalue weighted by molar-refractivity contribution is 9.10. The Morgan fingerprint density at radius 2 is 2.17 bits per heavy atom. The van der Waals surface area contributed by atoms with Gasteiger partial charge in [0.25, 0.3) is 0 Å². The second-order valence-electron chi connectivity index (χ2n) is 3.88. The Morgan fingerprint density at radius 3 is 2.67 bits per heavy atom. The van der Waals surface area contributed by atoms with E-state index >= 15 is 0 Å². The number of hydrogen-bond donors (Lipinski definition) is 3. The standard InChI is InChI=1S/C12H17BrFN3O/c1-2-5-17(6-7-18)9-4-3-8(12(15)16)10(13)11(9)14/h3-4,18H,2,5-7H2,1H3,(H3,15,16). The number of nitrogens with two attached hydrogens (primary N) is 1. The van der Waals surface area contributed by atoms with Gasteiger partial charge < -0.3 is 15.7 Å². The van der Waals surface area contributed by atoms with Crippen molar-refractivity contribution in [1.29, 1.82) is 5.41 Å². The predicted molar refractivity (Wildman–Crippen MR) is 74.7 cm³/mol. The third-order valence-electron chi connectivity index (χ3n) is 2.56. The van der Waals surface area contributed by atoms with Gasteiger partial charge in [0.05, 0.1) is 16.8 Å². The van der Waals surface area contributed by atoms with Gasteiger partial charge >= 0.3 is 0 Å². The average molecular weight is 318 g/mol. The van der Waals surface area contributed by atoms with Crippen LogP contribution < -0.4 is 10.6 Å². The SMILES string of the molecule is CCCN(CCO)c1ccc(C(=N)N)c(Br)c1F. The minimum absolute atomic E-state index is 0.0362. The van der Waals surface area contributed by atoms with E-state index in [4.69, 9.17) is 16.2 Å². The van der Waals surface area contributed by atoms with Crippen LogP contribution in [0.15, 0.2) is 16.6 Å². The fraction of sp³-hybridized carbons (Fsp3) is 0.417. The van der Waals surface area contributed by atoms with Crippen LogP contribution in [0.1, 0.15) is 18.9 Å². The number of benzene rings is 1. The molecule has 0 atom stereocenters. The molecule has 18 heavy (non-hydrogen) atoms. The summed E-state index contributed by atoms with van der Waals surface area (Å²) in [7, 11) is 0. The number of aliphatic hydroxyl groups is 1. The third kappa shape index (κ3) is 3.20. The molecule has 1 aromatic carbocycles. The topological polar surface area (TPSA) is 73.3 Å². The van der Waals surface area contributed by atoms with E-state index in [9.17, 15) is 4.39 Å². The molecule has 0 aromatic heterocycles. The lowest BCUT2D eigenvalue weighted by atomic mass is 10.1. The third-order valence-corrected chi connectivity index (χ3v) is 3.33. The van der Waals surface area contributed by atoms with Gasteiger partial charge in [-0.2, -0.15) is 0 Å². The summed E-state index contributed by atoms with van der Waals surface area (Å²) in [5.41, 5.74) is 6.10. The van der Waals surface area contributed by atoms with Crippen molar-refractivity contribution in [2.45, 2.75) is 13.3 Å². The van der Waals surface area contributed by atoms with Gasteiger partial charge in [0.2, 0.25) is 0 Å². The molecule has 6 heteroatoms. The van der Waals surface area contributed by atoms with E-state index in [1.807, 2.05) is 6.92 Å². The summed E-state index contributed by atoms with van der Waals surface area (Å²) in [6.07, 6.45) is 0.853. The molecule has 0 aliphatic heterocycles. The van der Waals surface area contributed by atoms with Crippen molar-refractivity contribution < 1.29 is 9.50 Å². The lowest BCUT2D eigenvalue weighted by Crippen LogP contribution is -2.28. The molecule has 0 amide bonds. The number of nitrogens with one attached hydrogen (secondary N) is 1. The van der Waals surface area contributed by atoms with Gasteiger partial charge in [-0.1, -0.05) is 6.92 Å². The van der Waals surface area contributed by atoms with Gasteiger partial charge in [-0.15, -0.1) is 0 Å². The summed E-state index contributed by atoms with van der Waals surface area (Å²) in [6.45, 7) is 2.98. The zero-order valence-corrected chi connectivity index (χ0v) is 11.8. The molecule has 0 saturated carbocycles. The zero-order chi connectivity index (χ0) is 13.7. The van der Waals surface area contributed by atoms with E-state index < -0.39 is 5.82 Å². The first kappa shape index (κ1) is 14.9. The van der Waals surface area contributed by atoms with Gasteiger partial charge in [-0.25, -0.2) is 4.39 Å². The van der Waals surface area contributed by atoms with Gasteiger partial charge in [-0.05, 0) is 34.5 Å². The number of amidine groups is 1. The van der Waals surface area contributed by atoms with Crippen molar-refractivity contribution in [1.82, 2.24) is 0 Å². The number of hydrogen-bond acceptors (Lipinski definition) is 3. The van der Waals surface area contributed by atoms with Crippen LogP contribution in [0.4, 0.5) is 10.1 Å². The van der Waals surface area contributed by atoms with Gasteiger partial charge in [0.1, 0.15) is 5.84 Å². The summed E-state index contributed by atoms with van der Waals surface area (Å²) >= 11 is 3.12. The van der Waals surface area contributed by atoms with E-state index in [0.717, 1.165) is 6.42 Å². The highest BCUT2D eigenvalue weighted by atomic mass is 79.9. The Labute approximate surface area is 114 Å². The fourth-order valence-electron chi connectivity index (χ4n) is 1.73. The average Bonchev–Trinajstić information content (AvgIpc) is 2.32. The lowest BCUT2D eigenvalue weighted by molar-refractivity contribution is 0.301. The quantitative estimate of drug-likeness (QED) is 0.555. The summed E-state index contributed by atoms with van der Waals surface area (Å²) < 4.78 is 14.4. The number of anilines is 1. The van der Waals surface area contributed by atoms with Crippen molar-refractivity contribution in [3.63, 3.8) is 0 Å². The Hall–Kier alpha value is -1.14. The van der Waals surface area contributed by atoms with E-state index in [2.05, 4.69) is 15.9 Å². The van der Waals surface area contributed by atoms with E-state index in [-0.39, 0.29) is 16.9 Å². The van der Waals surface area contributed by atoms with Crippen LogP contribution in [0.5, 0.6) is 0 Å². The molecule has 0 bridgehead atoms. The second-order valence-corrected chi connectivity index (χ2v) is 4.68. The molecular formula is C12H17BrFN3O. The van der Waals surface area contributed by atoms with Crippen LogP contribution >= 0.6 is 15.9 Å². The minimum atomic E-state index is -0.454. The van der Waals surface area contributed by atoms with Crippen LogP contribution in [-0.2, 0) is 0 Å². The summed E-state index contributed by atoms with van der Waals surface area (Å²) in [5.74, 6) is -0.638. The highest BCUT2D eigenvalue weighted by Crippen LogP contribution is 2.29. The maximum absolute atomic E-state index is 14.2. The molecule has 100 valence electrons. The number of rotatable bonds is 6. The highest BCUT2D eigenvalue weighted by Gasteiger charge is 2.16. The van der Waals surface area contributed by atoms with E-state index in [0.29, 0.717) is 24.3 Å². The number of halogens is 2. The Bertz CT molecular complexity index is 434. The molecule has 4 N–H and O–H groups in total. The zero-order valence-electron chi connectivity index (χ0n) is 10.2. The molecule has 0 unspecified atom stereocenters. The largest absolute Gasteiger partial charge is 0.395 e. The molecule has 0 fully saturated rings. The molecule has 0 radical (unpaired) electrons. The maximum atomic E-state index is 14.2. The Balaban J connectivity index is 3.16. The van der Waals surface area contributed by atoms with Crippen molar-refractivity contribution >= 4 is 27.5 Å². The predicted octanol–water partition coefficient (Wildman–Crippen LogP) is 2.08. The first-order chi connectivity index (χ1) is 8.52. The van der Waals surface area contributed by atoms with Gasteiger partial charge in [0.15, 0.2) is 5.82 Å². The maximum Gasteiger partial charge on any atom is 0.161 e. The van der Waals surface area contributed by atoms with Crippen LogP contribution in [0.3, 0.4) is 0 Å². The molecular weight excluding hydrogens is 301 g/mol. The van der Waals surface area contributed by atoms with Crippen molar-refractivity contribution in [2.75, 3.05) is 24.6 Å². The first-order valence-corrected chi connectivity index (χ1v) is 6.50. The van der Waals surface area contributed by atoms with Crippen LogP contribution in [-0.4, -0.2) is 30.6 Å². The monoisotopic (exact) mass is 317 g/mol. The minimum Gasteiger partial charge on any atom is -0.395 e. The van der Waals surface area contributed by atoms with Gasteiger partial charge in [-0.3, -0.25) is 5.41 Å². The summed E-state index contributed by atoms with van der Waals surface area (Å²) in [4.78, 5) is 1.77. The van der Waals surface area contributed by atoms with Crippen LogP contribution in [0.2, 0.25) is 0 Å². The van der Waals surface area contributed by atoms with Gasteiger partial charge in [0, 0.05) is 18.7 Å². The van der Waals surface area contributed by atoms with E-state index in [1.54, 1.807) is 17.0 Å². The number of nitrogens with zero attached hydrogens (tertiary/aromatic N) is 1. The molecule has 1 aromatic rings. The van der Waals surface area contributed by atoms with Crippen molar-refractivity contribution in [3.8, 4) is 0 Å². The summed E-state index contributed by atoms with van der Waals surface area (Å²) in [6, 6.07) is 3.19. The van der Waals surface area contributed by atoms with Crippen LogP contribution in [0.25, 0.3) is 0 Å². The lowest BCUT2D eigenvalue weighted by Gasteiger charge is -2.24. The molecule has 4 nitrogen and oxygen atoms in total. The molecule has 0 saturated heterocycles. The molecule has 0 heterocycles. The van der Waals surface area contributed by atoms with E-state index in [1.165, 1.54) is 0 Å². The normalized spacial score (nSPS) is 10.4. The molecule has 1 rings (SSSR count). The number of aliphatic hydroxyl groups excluding tert-OH is 1. The smallest absolute Gasteiger partial charge is 0.161 e. The number of nitrogen functional groups attached to an aromatic ring is 1. The Morgan fingerprint density at radius 1 is 1.50 bits per heavy atom. The fourth-order valence-corrected chi connectivity index (χ4v) is 2.28. The van der Waals surface area contributed by atoms with Crippen LogP contribution in [0, 0.1) is 11.2 Å². The summed E-state index contributed by atoms with van der Waals surface area (Å²) in [5, 5.41) is 16.3. The van der Waals surface area contributed by atoms with Crippen molar-refractivity contribution in [3.05, 3.63) is 28.0 Å². The molecule has 0 spiro atoms. The van der Waals surface area contributed by atoms with Crippen molar-refractivity contribution in [2.24, 2.45) is 5.73 Å².